The van der Waals surface area contributed by atoms with Gasteiger partial charge in [-0.1, -0.05) is 12.1 Å². The molecule has 104 valence electrons. The van der Waals surface area contributed by atoms with Crippen molar-refractivity contribution in [2.75, 3.05) is 0 Å². The minimum absolute atomic E-state index is 0.506. The van der Waals surface area contributed by atoms with Gasteiger partial charge in [0.2, 0.25) is 0 Å². The molecule has 4 N–H and O–H groups in total. The third kappa shape index (κ3) is 3.73. The van der Waals surface area contributed by atoms with E-state index >= 15 is 0 Å². The molecule has 0 unspecified atom stereocenters. The summed E-state index contributed by atoms with van der Waals surface area (Å²) in [7, 11) is 0. The van der Waals surface area contributed by atoms with Crippen LogP contribution in [0.1, 0.15) is 22.3 Å². The molecule has 2 aromatic rings. The summed E-state index contributed by atoms with van der Waals surface area (Å²) < 4.78 is 0. The largest absolute Gasteiger partial charge is 0.326 e. The van der Waals surface area contributed by atoms with Crippen molar-refractivity contribution < 1.29 is 0 Å². The SMILES string of the molecule is Cc1cc(CN)cc(N=Nc2cc(C)cc(CN)c2)c1. The molecular formula is C16H20N4. The van der Waals surface area contributed by atoms with Crippen molar-refractivity contribution in [1.29, 1.82) is 0 Å². The van der Waals surface area contributed by atoms with Crippen molar-refractivity contribution in [3.63, 3.8) is 0 Å². The molecule has 0 heterocycles. The maximum Gasteiger partial charge on any atom is 0.0862 e. The zero-order valence-electron chi connectivity index (χ0n) is 11.9. The van der Waals surface area contributed by atoms with E-state index in [2.05, 4.69) is 22.4 Å². The van der Waals surface area contributed by atoms with Crippen LogP contribution in [0.25, 0.3) is 0 Å². The van der Waals surface area contributed by atoms with Gasteiger partial charge in [-0.05, 0) is 60.4 Å². The van der Waals surface area contributed by atoms with Gasteiger partial charge in [-0.3, -0.25) is 0 Å². The van der Waals surface area contributed by atoms with Crippen LogP contribution in [-0.4, -0.2) is 0 Å². The molecule has 2 rings (SSSR count). The third-order valence-electron chi connectivity index (χ3n) is 3.00. The van der Waals surface area contributed by atoms with Gasteiger partial charge in [0.05, 0.1) is 11.4 Å². The topological polar surface area (TPSA) is 76.8 Å². The Balaban J connectivity index is 2.29. The van der Waals surface area contributed by atoms with Crippen molar-refractivity contribution in [2.45, 2.75) is 26.9 Å². The first kappa shape index (κ1) is 14.4. The summed E-state index contributed by atoms with van der Waals surface area (Å²) in [6.45, 7) is 5.06. The average Bonchev–Trinajstić information content (AvgIpc) is 2.44. The Kier molecular flexibility index (Phi) is 4.61. The van der Waals surface area contributed by atoms with E-state index < -0.39 is 0 Å². The van der Waals surface area contributed by atoms with Crippen LogP contribution >= 0.6 is 0 Å². The zero-order valence-corrected chi connectivity index (χ0v) is 11.9. The van der Waals surface area contributed by atoms with Crippen molar-refractivity contribution in [1.82, 2.24) is 0 Å². The third-order valence-corrected chi connectivity index (χ3v) is 3.00. The summed E-state index contributed by atoms with van der Waals surface area (Å²) in [6.07, 6.45) is 0. The Bertz CT molecular complexity index is 577. The lowest BCUT2D eigenvalue weighted by Gasteiger charge is -2.03. The Hall–Kier alpha value is -2.04. The number of hydrogen-bond donors (Lipinski definition) is 2. The first-order valence-electron chi connectivity index (χ1n) is 6.63. The average molecular weight is 268 g/mol. The predicted molar refractivity (Wildman–Crippen MR) is 82.3 cm³/mol. The second kappa shape index (κ2) is 6.41. The van der Waals surface area contributed by atoms with Gasteiger partial charge in [0.15, 0.2) is 0 Å². The summed E-state index contributed by atoms with van der Waals surface area (Å²) in [4.78, 5) is 0. The number of benzene rings is 2. The second-order valence-electron chi connectivity index (χ2n) is 4.96. The molecule has 4 heteroatoms. The van der Waals surface area contributed by atoms with Crippen LogP contribution in [-0.2, 0) is 13.1 Å². The van der Waals surface area contributed by atoms with Gasteiger partial charge >= 0.3 is 0 Å². The molecular weight excluding hydrogens is 248 g/mol. The lowest BCUT2D eigenvalue weighted by molar-refractivity contribution is 1.05. The molecule has 4 nitrogen and oxygen atoms in total. The van der Waals surface area contributed by atoms with Gasteiger partial charge in [0, 0.05) is 13.1 Å². The molecule has 0 saturated carbocycles. The van der Waals surface area contributed by atoms with Gasteiger partial charge in [0.1, 0.15) is 0 Å². The number of rotatable bonds is 4. The molecule has 0 aliphatic rings. The molecule has 0 atom stereocenters. The quantitative estimate of drug-likeness (QED) is 0.830. The number of nitrogens with two attached hydrogens (primary N) is 2. The molecule has 0 aliphatic carbocycles. The molecule has 0 spiro atoms. The zero-order chi connectivity index (χ0) is 14.5. The second-order valence-corrected chi connectivity index (χ2v) is 4.96. The fraction of sp³-hybridized carbons (Fsp3) is 0.250. The van der Waals surface area contributed by atoms with Gasteiger partial charge in [-0.15, -0.1) is 0 Å². The van der Waals surface area contributed by atoms with E-state index in [1.807, 2.05) is 38.1 Å². The van der Waals surface area contributed by atoms with E-state index in [0.717, 1.165) is 33.6 Å². The minimum Gasteiger partial charge on any atom is -0.326 e. The van der Waals surface area contributed by atoms with E-state index in [9.17, 15) is 0 Å². The highest BCUT2D eigenvalue weighted by Crippen LogP contribution is 2.23. The van der Waals surface area contributed by atoms with Gasteiger partial charge in [-0.2, -0.15) is 10.2 Å². The molecule has 0 aromatic heterocycles. The lowest BCUT2D eigenvalue weighted by atomic mass is 10.1. The first-order chi connectivity index (χ1) is 9.60. The molecule has 20 heavy (non-hydrogen) atoms. The molecule has 0 amide bonds. The molecule has 0 saturated heterocycles. The number of aryl methyl sites for hydroxylation is 2. The van der Waals surface area contributed by atoms with E-state index in [0.29, 0.717) is 13.1 Å². The number of azo groups is 1. The highest BCUT2D eigenvalue weighted by atomic mass is 15.1. The van der Waals surface area contributed by atoms with Gasteiger partial charge in [0.25, 0.3) is 0 Å². The molecule has 0 bridgehead atoms. The van der Waals surface area contributed by atoms with Crippen LogP contribution in [0.3, 0.4) is 0 Å². The smallest absolute Gasteiger partial charge is 0.0862 e. The normalized spacial score (nSPS) is 11.2. The van der Waals surface area contributed by atoms with Gasteiger partial charge < -0.3 is 11.5 Å². The summed E-state index contributed by atoms with van der Waals surface area (Å²) >= 11 is 0. The summed E-state index contributed by atoms with van der Waals surface area (Å²) in [5.74, 6) is 0. The standard InChI is InChI=1S/C16H20N4/c1-11-3-13(9-17)7-15(5-11)19-20-16-6-12(2)4-14(8-16)10-18/h3-8H,9-10,17-18H2,1-2H3. The molecule has 2 aromatic carbocycles. The van der Waals surface area contributed by atoms with Crippen LogP contribution in [0.5, 0.6) is 0 Å². The van der Waals surface area contributed by atoms with Crippen LogP contribution in [0.2, 0.25) is 0 Å². The number of nitrogens with zero attached hydrogens (tertiary/aromatic N) is 2. The van der Waals surface area contributed by atoms with E-state index in [1.165, 1.54) is 0 Å². The van der Waals surface area contributed by atoms with E-state index in [-0.39, 0.29) is 0 Å². The Morgan fingerprint density at radius 3 is 1.45 bits per heavy atom. The van der Waals surface area contributed by atoms with Crippen molar-refractivity contribution >= 4 is 11.4 Å². The van der Waals surface area contributed by atoms with Crippen molar-refractivity contribution in [2.24, 2.45) is 21.7 Å². The summed E-state index contributed by atoms with van der Waals surface area (Å²) in [6, 6.07) is 12.0. The number of hydrogen-bond acceptors (Lipinski definition) is 4. The Morgan fingerprint density at radius 2 is 1.10 bits per heavy atom. The fourth-order valence-electron chi connectivity index (χ4n) is 2.15. The van der Waals surface area contributed by atoms with E-state index in [1.54, 1.807) is 0 Å². The van der Waals surface area contributed by atoms with Crippen molar-refractivity contribution in [3.05, 3.63) is 58.7 Å². The van der Waals surface area contributed by atoms with Gasteiger partial charge in [-0.25, -0.2) is 0 Å². The fourth-order valence-corrected chi connectivity index (χ4v) is 2.15. The molecule has 0 aliphatic heterocycles. The Labute approximate surface area is 119 Å². The maximum absolute atomic E-state index is 5.67. The monoisotopic (exact) mass is 268 g/mol. The van der Waals surface area contributed by atoms with Crippen LogP contribution in [0.4, 0.5) is 11.4 Å². The minimum atomic E-state index is 0.506. The Morgan fingerprint density at radius 1 is 0.700 bits per heavy atom. The maximum atomic E-state index is 5.67. The summed E-state index contributed by atoms with van der Waals surface area (Å²) in [5, 5.41) is 8.58. The highest BCUT2D eigenvalue weighted by molar-refractivity contribution is 5.46. The molecule has 0 radical (unpaired) electrons. The highest BCUT2D eigenvalue weighted by Gasteiger charge is 1.99. The van der Waals surface area contributed by atoms with Crippen molar-refractivity contribution in [3.8, 4) is 0 Å². The van der Waals surface area contributed by atoms with Crippen LogP contribution in [0, 0.1) is 13.8 Å². The lowest BCUT2D eigenvalue weighted by Crippen LogP contribution is -1.96. The first-order valence-corrected chi connectivity index (χ1v) is 6.63. The predicted octanol–water partition coefficient (Wildman–Crippen LogP) is 3.64. The van der Waals surface area contributed by atoms with Crippen LogP contribution < -0.4 is 11.5 Å². The van der Waals surface area contributed by atoms with E-state index in [4.69, 9.17) is 11.5 Å². The molecule has 0 fully saturated rings. The summed E-state index contributed by atoms with van der Waals surface area (Å²) in [5.41, 5.74) is 17.4. The van der Waals surface area contributed by atoms with Crippen LogP contribution in [0.15, 0.2) is 46.6 Å².